The summed E-state index contributed by atoms with van der Waals surface area (Å²) in [6, 6.07) is 22.6. The highest BCUT2D eigenvalue weighted by atomic mass is 35.5. The minimum absolute atomic E-state index is 0.248. The van der Waals surface area contributed by atoms with Crippen LogP contribution in [0.1, 0.15) is 12.0 Å². The van der Waals surface area contributed by atoms with Gasteiger partial charge in [-0.2, -0.15) is 4.98 Å². The van der Waals surface area contributed by atoms with Gasteiger partial charge in [0.05, 0.1) is 18.6 Å². The molecule has 4 aromatic rings. The van der Waals surface area contributed by atoms with E-state index in [4.69, 9.17) is 20.9 Å². The number of nitrogens with zero attached hydrogens (tertiary/aromatic N) is 2. The Morgan fingerprint density at radius 2 is 1.79 bits per heavy atom. The summed E-state index contributed by atoms with van der Waals surface area (Å²) in [4.78, 5) is 15.7. The fraction of sp³-hybridized carbons (Fsp3) is 0.160. The van der Waals surface area contributed by atoms with Crippen molar-refractivity contribution in [3.63, 3.8) is 0 Å². The minimum Gasteiger partial charge on any atom is -0.469 e. The van der Waals surface area contributed by atoms with Crippen molar-refractivity contribution in [2.45, 2.75) is 13.0 Å². The maximum atomic E-state index is 11.2. The summed E-state index contributed by atoms with van der Waals surface area (Å²) in [5.41, 5.74) is 2.43. The van der Waals surface area contributed by atoms with E-state index in [9.17, 15) is 4.79 Å². The zero-order valence-corrected chi connectivity index (χ0v) is 18.7. The lowest BCUT2D eigenvalue weighted by atomic mass is 10.1. The molecular formula is C25H22ClN3O4. The lowest BCUT2D eigenvalue weighted by molar-refractivity contribution is -0.140. The second kappa shape index (κ2) is 10.8. The van der Waals surface area contributed by atoms with Crippen molar-refractivity contribution in [1.29, 1.82) is 0 Å². The summed E-state index contributed by atoms with van der Waals surface area (Å²) in [6.45, 7) is 1.10. The fourth-order valence-corrected chi connectivity index (χ4v) is 3.40. The average Bonchev–Trinajstić information content (AvgIpc) is 3.33. The van der Waals surface area contributed by atoms with E-state index in [-0.39, 0.29) is 5.97 Å². The second-order valence-electron chi connectivity index (χ2n) is 7.18. The van der Waals surface area contributed by atoms with Crippen molar-refractivity contribution in [2.24, 2.45) is 0 Å². The van der Waals surface area contributed by atoms with Gasteiger partial charge in [-0.15, -0.1) is 0 Å². The van der Waals surface area contributed by atoms with Gasteiger partial charge in [0.2, 0.25) is 5.82 Å². The molecule has 0 unspecified atom stereocenters. The number of esters is 1. The number of carbonyl (C=O) groups is 1. The summed E-state index contributed by atoms with van der Waals surface area (Å²) in [5, 5.41) is 7.77. The van der Waals surface area contributed by atoms with Gasteiger partial charge in [-0.05, 0) is 54.1 Å². The molecule has 168 valence electrons. The van der Waals surface area contributed by atoms with Gasteiger partial charge >= 0.3 is 5.97 Å². The van der Waals surface area contributed by atoms with Crippen LogP contribution in [0.4, 0.5) is 0 Å². The molecule has 0 fully saturated rings. The number of aromatic nitrogens is 2. The minimum atomic E-state index is -0.248. The van der Waals surface area contributed by atoms with Crippen molar-refractivity contribution < 1.29 is 18.8 Å². The molecule has 0 bridgehead atoms. The van der Waals surface area contributed by atoms with Crippen LogP contribution in [0.3, 0.4) is 0 Å². The summed E-state index contributed by atoms with van der Waals surface area (Å²) in [7, 11) is 1.37. The van der Waals surface area contributed by atoms with E-state index in [0.717, 1.165) is 16.9 Å². The summed E-state index contributed by atoms with van der Waals surface area (Å²) in [5.74, 6) is 2.03. The van der Waals surface area contributed by atoms with Crippen molar-refractivity contribution >= 4 is 17.6 Å². The standard InChI is InChI=1S/C25H22ClN3O4/c1-31-23(30)13-14-27-16-17-7-12-21(22(26)15-17)24-28-25(33-29-24)18-8-10-20(11-9-18)32-19-5-3-2-4-6-19/h2-12,15,27H,13-14,16H2,1H3. The maximum Gasteiger partial charge on any atom is 0.306 e. The Bertz CT molecular complexity index is 1210. The summed E-state index contributed by atoms with van der Waals surface area (Å²) < 4.78 is 15.9. The molecule has 0 saturated carbocycles. The molecule has 0 aliphatic rings. The molecule has 3 aromatic carbocycles. The molecule has 0 aliphatic heterocycles. The van der Waals surface area contributed by atoms with Crippen LogP contribution in [0.2, 0.25) is 5.02 Å². The van der Waals surface area contributed by atoms with Gasteiger partial charge in [-0.25, -0.2) is 0 Å². The topological polar surface area (TPSA) is 86.5 Å². The van der Waals surface area contributed by atoms with E-state index in [1.807, 2.05) is 72.8 Å². The van der Waals surface area contributed by atoms with E-state index in [2.05, 4.69) is 20.2 Å². The monoisotopic (exact) mass is 463 g/mol. The Kier molecular flexibility index (Phi) is 7.34. The van der Waals surface area contributed by atoms with E-state index in [0.29, 0.717) is 47.6 Å². The van der Waals surface area contributed by atoms with Crippen LogP contribution in [-0.2, 0) is 16.1 Å². The Hall–Kier alpha value is -3.68. The highest BCUT2D eigenvalue weighted by Crippen LogP contribution is 2.30. The molecule has 0 radical (unpaired) electrons. The third-order valence-corrected chi connectivity index (χ3v) is 5.16. The van der Waals surface area contributed by atoms with Gasteiger partial charge in [0.15, 0.2) is 0 Å². The van der Waals surface area contributed by atoms with Crippen LogP contribution < -0.4 is 10.1 Å². The number of benzene rings is 3. The first-order valence-corrected chi connectivity index (χ1v) is 10.7. The van der Waals surface area contributed by atoms with Gasteiger partial charge in [-0.3, -0.25) is 4.79 Å². The van der Waals surface area contributed by atoms with E-state index in [1.54, 1.807) is 0 Å². The summed E-state index contributed by atoms with van der Waals surface area (Å²) >= 11 is 6.46. The van der Waals surface area contributed by atoms with Gasteiger partial charge < -0.3 is 19.3 Å². The number of hydrogen-bond donors (Lipinski definition) is 1. The molecule has 8 heteroatoms. The van der Waals surface area contributed by atoms with Crippen LogP contribution in [0.5, 0.6) is 11.5 Å². The number of carbonyl (C=O) groups excluding carboxylic acids is 1. The maximum absolute atomic E-state index is 11.2. The molecule has 0 aliphatic carbocycles. The van der Waals surface area contributed by atoms with Gasteiger partial charge in [-0.1, -0.05) is 41.0 Å². The Labute approximate surface area is 196 Å². The van der Waals surface area contributed by atoms with E-state index < -0.39 is 0 Å². The van der Waals surface area contributed by atoms with E-state index in [1.165, 1.54) is 7.11 Å². The second-order valence-corrected chi connectivity index (χ2v) is 7.59. The normalized spacial score (nSPS) is 10.7. The van der Waals surface area contributed by atoms with Crippen LogP contribution in [0, 0.1) is 0 Å². The molecular weight excluding hydrogens is 442 g/mol. The largest absolute Gasteiger partial charge is 0.469 e. The third-order valence-electron chi connectivity index (χ3n) is 4.84. The predicted octanol–water partition coefficient (Wildman–Crippen LogP) is 5.50. The molecule has 1 aromatic heterocycles. The fourth-order valence-electron chi connectivity index (χ4n) is 3.12. The van der Waals surface area contributed by atoms with Gasteiger partial charge in [0.25, 0.3) is 5.89 Å². The first-order valence-electron chi connectivity index (χ1n) is 10.4. The first kappa shape index (κ1) is 22.5. The molecule has 33 heavy (non-hydrogen) atoms. The zero-order chi connectivity index (χ0) is 23.0. The SMILES string of the molecule is COC(=O)CCNCc1ccc(-c2noc(-c3ccc(Oc4ccccc4)cc3)n2)c(Cl)c1. The Morgan fingerprint density at radius 1 is 1.03 bits per heavy atom. The third kappa shape index (κ3) is 5.97. The van der Waals surface area contributed by atoms with Crippen LogP contribution in [0.15, 0.2) is 77.3 Å². The Balaban J connectivity index is 1.40. The van der Waals surface area contributed by atoms with Gasteiger partial charge in [0, 0.05) is 24.2 Å². The van der Waals surface area contributed by atoms with Gasteiger partial charge in [0.1, 0.15) is 11.5 Å². The molecule has 4 rings (SSSR count). The van der Waals surface area contributed by atoms with E-state index >= 15 is 0 Å². The number of ether oxygens (including phenoxy) is 2. The predicted molar refractivity (Wildman–Crippen MR) is 125 cm³/mol. The lowest BCUT2D eigenvalue weighted by Gasteiger charge is -2.06. The van der Waals surface area contributed by atoms with Crippen LogP contribution in [-0.4, -0.2) is 29.8 Å². The molecule has 0 atom stereocenters. The number of hydrogen-bond acceptors (Lipinski definition) is 7. The average molecular weight is 464 g/mol. The molecule has 7 nitrogen and oxygen atoms in total. The van der Waals surface area contributed by atoms with Crippen LogP contribution in [0.25, 0.3) is 22.8 Å². The zero-order valence-electron chi connectivity index (χ0n) is 18.0. The highest BCUT2D eigenvalue weighted by Gasteiger charge is 2.14. The number of halogens is 1. The summed E-state index contributed by atoms with van der Waals surface area (Å²) in [6.07, 6.45) is 0.313. The van der Waals surface area contributed by atoms with Crippen molar-refractivity contribution in [3.8, 4) is 34.3 Å². The molecule has 0 amide bonds. The Morgan fingerprint density at radius 3 is 2.52 bits per heavy atom. The lowest BCUT2D eigenvalue weighted by Crippen LogP contribution is -2.18. The number of methoxy groups -OCH3 is 1. The molecule has 1 N–H and O–H groups in total. The first-order chi connectivity index (χ1) is 16.1. The molecule has 1 heterocycles. The molecule has 0 spiro atoms. The molecule has 0 saturated heterocycles. The quantitative estimate of drug-likeness (QED) is 0.259. The smallest absolute Gasteiger partial charge is 0.306 e. The highest BCUT2D eigenvalue weighted by molar-refractivity contribution is 6.33. The van der Waals surface area contributed by atoms with Crippen molar-refractivity contribution in [1.82, 2.24) is 15.5 Å². The van der Waals surface area contributed by atoms with Crippen molar-refractivity contribution in [3.05, 3.63) is 83.4 Å². The van der Waals surface area contributed by atoms with Crippen molar-refractivity contribution in [2.75, 3.05) is 13.7 Å². The number of rotatable bonds is 9. The number of nitrogens with one attached hydrogen (secondary N) is 1. The van der Waals surface area contributed by atoms with Crippen LogP contribution >= 0.6 is 11.6 Å². The number of para-hydroxylation sites is 1.